The second-order valence-electron chi connectivity index (χ2n) is 10.6. The molecule has 9 nitrogen and oxygen atoms in total. The smallest absolute Gasteiger partial charge is 0.350 e. The SMILES string of the molecule is CCCCC/C=C/[C@H]1CO[C@H](c2ccc(OC(=O)c3cc(N)c(O[C@H](C)CCCCCC)cc3[N+](=O)[O-])cc2)OC1. The molecule has 0 bridgehead atoms. The third-order valence-electron chi connectivity index (χ3n) is 7.01. The molecule has 0 spiro atoms. The number of nitrogens with two attached hydrogens (primary N) is 1. The summed E-state index contributed by atoms with van der Waals surface area (Å²) in [5.74, 6) is -0.241. The molecule has 0 saturated carbocycles. The number of nitrogens with zero attached hydrogens (tertiary/aromatic N) is 1. The molecule has 1 aliphatic rings. The number of nitrogen functional groups attached to an aromatic ring is 1. The van der Waals surface area contributed by atoms with Crippen molar-refractivity contribution in [3.05, 3.63) is 69.8 Å². The zero-order valence-electron chi connectivity index (χ0n) is 24.5. The summed E-state index contributed by atoms with van der Waals surface area (Å²) in [7, 11) is 0. The Bertz CT molecular complexity index is 1140. The molecule has 9 heteroatoms. The van der Waals surface area contributed by atoms with E-state index in [1.54, 1.807) is 24.3 Å². The Kier molecular flexibility index (Phi) is 13.1. The van der Waals surface area contributed by atoms with Crippen molar-refractivity contribution in [3.8, 4) is 11.5 Å². The Morgan fingerprint density at radius 1 is 1.07 bits per heavy atom. The van der Waals surface area contributed by atoms with Gasteiger partial charge in [0.25, 0.3) is 5.69 Å². The molecule has 2 aromatic rings. The number of carbonyl (C=O) groups excluding carboxylic acids is 1. The fourth-order valence-corrected chi connectivity index (χ4v) is 4.61. The van der Waals surface area contributed by atoms with E-state index in [1.807, 2.05) is 6.92 Å². The summed E-state index contributed by atoms with van der Waals surface area (Å²) in [4.78, 5) is 24.1. The maximum absolute atomic E-state index is 12.9. The number of unbranched alkanes of at least 4 members (excludes halogenated alkanes) is 6. The molecule has 0 amide bonds. The highest BCUT2D eigenvalue weighted by Gasteiger charge is 2.26. The first kappa shape index (κ1) is 32.1. The number of nitro groups is 1. The molecule has 1 heterocycles. The molecule has 224 valence electrons. The van der Waals surface area contributed by atoms with E-state index in [9.17, 15) is 14.9 Å². The number of rotatable bonds is 16. The maximum atomic E-state index is 12.9. The van der Waals surface area contributed by atoms with E-state index in [2.05, 4.69) is 26.0 Å². The fraction of sp³-hybridized carbons (Fsp3) is 0.531. The Labute approximate surface area is 243 Å². The van der Waals surface area contributed by atoms with Gasteiger partial charge in [-0.25, -0.2) is 4.79 Å². The standard InChI is InChI=1S/C32H44N2O7/c1-4-6-8-10-12-14-24-21-38-32(39-22-24)25-15-17-26(18-16-25)41-31(35)27-19-28(33)30(20-29(27)34(36)37)40-23(3)13-11-9-7-5-2/h12,14-20,23-24,32H,4-11,13,21-22,33H2,1-3H3/b14-12+/t23-,24-,32-/m1/s1. The highest BCUT2D eigenvalue weighted by Crippen LogP contribution is 2.33. The van der Waals surface area contributed by atoms with Crippen LogP contribution < -0.4 is 15.2 Å². The average Bonchev–Trinajstić information content (AvgIpc) is 2.96. The minimum atomic E-state index is -0.881. The molecule has 0 unspecified atom stereocenters. The lowest BCUT2D eigenvalue weighted by Crippen LogP contribution is -2.25. The Balaban J connectivity index is 1.58. The van der Waals surface area contributed by atoms with Crippen molar-refractivity contribution in [2.45, 2.75) is 91.0 Å². The van der Waals surface area contributed by atoms with Gasteiger partial charge in [-0.2, -0.15) is 0 Å². The van der Waals surface area contributed by atoms with Gasteiger partial charge in [-0.15, -0.1) is 0 Å². The normalized spacial score (nSPS) is 17.8. The number of hydrogen-bond acceptors (Lipinski definition) is 8. The summed E-state index contributed by atoms with van der Waals surface area (Å²) >= 11 is 0. The van der Waals surface area contributed by atoms with E-state index >= 15 is 0 Å². The van der Waals surface area contributed by atoms with E-state index in [0.717, 1.165) is 44.1 Å². The number of carbonyl (C=O) groups is 1. The molecule has 1 atom stereocenters. The number of esters is 1. The predicted molar refractivity (Wildman–Crippen MR) is 159 cm³/mol. The van der Waals surface area contributed by atoms with E-state index < -0.39 is 22.9 Å². The predicted octanol–water partition coefficient (Wildman–Crippen LogP) is 7.93. The summed E-state index contributed by atoms with van der Waals surface area (Å²) < 4.78 is 23.1. The molecule has 0 aromatic heterocycles. The number of allylic oxidation sites excluding steroid dienone is 1. The van der Waals surface area contributed by atoms with Crippen molar-refractivity contribution in [2.75, 3.05) is 18.9 Å². The van der Waals surface area contributed by atoms with Crippen LogP contribution >= 0.6 is 0 Å². The lowest BCUT2D eigenvalue weighted by Gasteiger charge is -2.28. The molecular weight excluding hydrogens is 524 g/mol. The summed E-state index contributed by atoms with van der Waals surface area (Å²) in [5, 5.41) is 11.8. The van der Waals surface area contributed by atoms with Crippen LogP contribution in [0.1, 0.15) is 101 Å². The van der Waals surface area contributed by atoms with Crippen LogP contribution in [0.2, 0.25) is 0 Å². The summed E-state index contributed by atoms with van der Waals surface area (Å²) in [5.41, 5.74) is 6.38. The largest absolute Gasteiger partial charge is 0.488 e. The number of benzene rings is 2. The number of ether oxygens (including phenoxy) is 4. The van der Waals surface area contributed by atoms with Gasteiger partial charge in [0.1, 0.15) is 17.1 Å². The van der Waals surface area contributed by atoms with E-state index in [4.69, 9.17) is 24.7 Å². The Morgan fingerprint density at radius 3 is 2.41 bits per heavy atom. The van der Waals surface area contributed by atoms with Gasteiger partial charge in [0.15, 0.2) is 6.29 Å². The minimum absolute atomic E-state index is 0.138. The zero-order chi connectivity index (χ0) is 29.6. The lowest BCUT2D eigenvalue weighted by molar-refractivity contribution is -0.385. The Morgan fingerprint density at radius 2 is 1.76 bits per heavy atom. The van der Waals surface area contributed by atoms with Gasteiger partial charge in [-0.05, 0) is 50.8 Å². The van der Waals surface area contributed by atoms with Gasteiger partial charge >= 0.3 is 5.97 Å². The third-order valence-corrected chi connectivity index (χ3v) is 7.01. The molecule has 41 heavy (non-hydrogen) atoms. The molecule has 0 aliphatic carbocycles. The van der Waals surface area contributed by atoms with E-state index in [-0.39, 0.29) is 34.8 Å². The fourth-order valence-electron chi connectivity index (χ4n) is 4.61. The van der Waals surface area contributed by atoms with Crippen LogP contribution in [0, 0.1) is 16.0 Å². The van der Waals surface area contributed by atoms with Crippen LogP contribution in [-0.4, -0.2) is 30.2 Å². The first-order valence-corrected chi connectivity index (χ1v) is 14.8. The molecule has 1 saturated heterocycles. The second kappa shape index (κ2) is 16.7. The Hall–Kier alpha value is -3.43. The first-order chi connectivity index (χ1) is 19.8. The summed E-state index contributed by atoms with van der Waals surface area (Å²) in [6, 6.07) is 9.14. The van der Waals surface area contributed by atoms with Crippen molar-refractivity contribution in [2.24, 2.45) is 5.92 Å². The van der Waals surface area contributed by atoms with Crippen LogP contribution in [0.25, 0.3) is 0 Å². The van der Waals surface area contributed by atoms with Gasteiger partial charge in [-0.3, -0.25) is 10.1 Å². The van der Waals surface area contributed by atoms with Crippen molar-refractivity contribution in [1.29, 1.82) is 0 Å². The van der Waals surface area contributed by atoms with Crippen LogP contribution in [-0.2, 0) is 9.47 Å². The monoisotopic (exact) mass is 568 g/mol. The van der Waals surface area contributed by atoms with Gasteiger partial charge < -0.3 is 24.7 Å². The van der Waals surface area contributed by atoms with Crippen LogP contribution in [0.15, 0.2) is 48.6 Å². The summed E-state index contributed by atoms with van der Waals surface area (Å²) in [6.07, 6.45) is 13.6. The highest BCUT2D eigenvalue weighted by atomic mass is 16.7. The van der Waals surface area contributed by atoms with Crippen molar-refractivity contribution < 1.29 is 28.7 Å². The quantitative estimate of drug-likeness (QED) is 0.0412. The first-order valence-electron chi connectivity index (χ1n) is 14.8. The van der Waals surface area contributed by atoms with Crippen LogP contribution in [0.3, 0.4) is 0 Å². The van der Waals surface area contributed by atoms with E-state index in [0.29, 0.717) is 13.2 Å². The maximum Gasteiger partial charge on any atom is 0.350 e. The zero-order valence-corrected chi connectivity index (χ0v) is 24.5. The van der Waals surface area contributed by atoms with Crippen molar-refractivity contribution in [1.82, 2.24) is 0 Å². The molecule has 2 aromatic carbocycles. The van der Waals surface area contributed by atoms with Crippen molar-refractivity contribution in [3.63, 3.8) is 0 Å². The molecule has 3 rings (SSSR count). The summed E-state index contributed by atoms with van der Waals surface area (Å²) in [6.45, 7) is 7.36. The van der Waals surface area contributed by atoms with Gasteiger partial charge in [0, 0.05) is 11.5 Å². The molecular formula is C32H44N2O7. The molecule has 1 fully saturated rings. The molecule has 0 radical (unpaired) electrons. The number of hydrogen-bond donors (Lipinski definition) is 1. The van der Waals surface area contributed by atoms with E-state index in [1.165, 1.54) is 31.4 Å². The lowest BCUT2D eigenvalue weighted by atomic mass is 10.1. The minimum Gasteiger partial charge on any atom is -0.488 e. The third kappa shape index (κ3) is 10.2. The highest BCUT2D eigenvalue weighted by molar-refractivity contribution is 5.97. The molecule has 2 N–H and O–H groups in total. The van der Waals surface area contributed by atoms with Crippen molar-refractivity contribution >= 4 is 17.3 Å². The van der Waals surface area contributed by atoms with Gasteiger partial charge in [0.05, 0.1) is 36.0 Å². The van der Waals surface area contributed by atoms with Crippen LogP contribution in [0.5, 0.6) is 11.5 Å². The van der Waals surface area contributed by atoms with Crippen LogP contribution in [0.4, 0.5) is 11.4 Å². The number of anilines is 1. The average molecular weight is 569 g/mol. The van der Waals surface area contributed by atoms with Gasteiger partial charge in [-0.1, -0.05) is 70.2 Å². The second-order valence-corrected chi connectivity index (χ2v) is 10.6. The number of nitro benzene ring substituents is 1. The van der Waals surface area contributed by atoms with Gasteiger partial charge in [0.2, 0.25) is 0 Å². The topological polar surface area (TPSA) is 123 Å². The molecule has 1 aliphatic heterocycles.